The molecule has 2 aromatic rings. The molecule has 0 atom stereocenters. The van der Waals surface area contributed by atoms with E-state index in [4.69, 9.17) is 4.74 Å². The van der Waals surface area contributed by atoms with E-state index >= 15 is 0 Å². The predicted octanol–water partition coefficient (Wildman–Crippen LogP) is 2.40. The molecule has 1 heterocycles. The second kappa shape index (κ2) is 8.44. The first-order chi connectivity index (χ1) is 12.6. The maximum absolute atomic E-state index is 12.1. The smallest absolute Gasteiger partial charge is 0.270 e. The molecule has 0 radical (unpaired) electrons. The Morgan fingerprint density at radius 3 is 2.58 bits per heavy atom. The number of nitro groups is 1. The minimum atomic E-state index is -0.507. The third-order valence-electron chi connectivity index (χ3n) is 4.33. The number of ether oxygens (including phenoxy) is 1. The summed E-state index contributed by atoms with van der Waals surface area (Å²) >= 11 is 0. The van der Waals surface area contributed by atoms with Crippen molar-refractivity contribution in [2.45, 2.75) is 6.42 Å². The Kier molecular flexibility index (Phi) is 5.80. The highest BCUT2D eigenvalue weighted by atomic mass is 16.6. The fourth-order valence-corrected chi connectivity index (χ4v) is 2.88. The Hall–Kier alpha value is -2.93. The van der Waals surface area contributed by atoms with Crippen LogP contribution in [0.5, 0.6) is 0 Å². The standard InChI is InChI=1S/C19H21N3O4/c23-19(16-2-1-3-18(14-16)22(24)25)20-9-8-15-4-6-17(7-5-15)21-10-12-26-13-11-21/h1-7,14H,8-13H2,(H,20,23). The molecule has 1 aliphatic heterocycles. The van der Waals surface area contributed by atoms with Crippen molar-refractivity contribution in [3.8, 4) is 0 Å². The van der Waals surface area contributed by atoms with Crippen LogP contribution in [0.15, 0.2) is 48.5 Å². The topological polar surface area (TPSA) is 84.7 Å². The van der Waals surface area contributed by atoms with Gasteiger partial charge in [-0.05, 0) is 30.2 Å². The number of morpholine rings is 1. The Morgan fingerprint density at radius 1 is 1.15 bits per heavy atom. The zero-order valence-electron chi connectivity index (χ0n) is 14.4. The monoisotopic (exact) mass is 355 g/mol. The molecule has 0 unspecified atom stereocenters. The first-order valence-corrected chi connectivity index (χ1v) is 8.58. The average molecular weight is 355 g/mol. The van der Waals surface area contributed by atoms with Gasteiger partial charge >= 0.3 is 0 Å². The Bertz CT molecular complexity index is 771. The van der Waals surface area contributed by atoms with E-state index in [0.29, 0.717) is 18.5 Å². The van der Waals surface area contributed by atoms with Crippen molar-refractivity contribution in [3.05, 3.63) is 69.8 Å². The molecule has 0 aromatic heterocycles. The molecular formula is C19H21N3O4. The van der Waals surface area contributed by atoms with Crippen LogP contribution >= 0.6 is 0 Å². The third kappa shape index (κ3) is 4.58. The number of hydrogen-bond donors (Lipinski definition) is 1. The van der Waals surface area contributed by atoms with Crippen molar-refractivity contribution in [2.75, 3.05) is 37.7 Å². The lowest BCUT2D eigenvalue weighted by molar-refractivity contribution is -0.384. The number of carbonyl (C=O) groups excluding carboxylic acids is 1. The predicted molar refractivity (Wildman–Crippen MR) is 98.6 cm³/mol. The van der Waals surface area contributed by atoms with Crippen molar-refractivity contribution in [2.24, 2.45) is 0 Å². The van der Waals surface area contributed by atoms with Gasteiger partial charge in [-0.15, -0.1) is 0 Å². The van der Waals surface area contributed by atoms with Crippen molar-refractivity contribution in [1.29, 1.82) is 0 Å². The largest absolute Gasteiger partial charge is 0.378 e. The third-order valence-corrected chi connectivity index (χ3v) is 4.33. The van der Waals surface area contributed by atoms with Gasteiger partial charge in [0.05, 0.1) is 18.1 Å². The quantitative estimate of drug-likeness (QED) is 0.635. The summed E-state index contributed by atoms with van der Waals surface area (Å²) in [4.78, 5) is 24.7. The number of rotatable bonds is 6. The van der Waals surface area contributed by atoms with Crippen LogP contribution in [0, 0.1) is 10.1 Å². The van der Waals surface area contributed by atoms with Crippen LogP contribution in [0.2, 0.25) is 0 Å². The first-order valence-electron chi connectivity index (χ1n) is 8.58. The van der Waals surface area contributed by atoms with Gasteiger partial charge in [0, 0.05) is 43.0 Å². The molecule has 0 aliphatic carbocycles. The van der Waals surface area contributed by atoms with E-state index in [1.807, 2.05) is 0 Å². The van der Waals surface area contributed by atoms with E-state index in [0.717, 1.165) is 31.9 Å². The summed E-state index contributed by atoms with van der Waals surface area (Å²) in [6, 6.07) is 14.0. The lowest BCUT2D eigenvalue weighted by Gasteiger charge is -2.28. The molecule has 136 valence electrons. The van der Waals surface area contributed by atoms with E-state index in [2.05, 4.69) is 34.5 Å². The Morgan fingerprint density at radius 2 is 1.88 bits per heavy atom. The Labute approximate surface area is 151 Å². The normalized spacial score (nSPS) is 14.1. The molecule has 1 fully saturated rings. The van der Waals surface area contributed by atoms with E-state index in [1.165, 1.54) is 23.9 Å². The van der Waals surface area contributed by atoms with Crippen LogP contribution in [0.1, 0.15) is 15.9 Å². The van der Waals surface area contributed by atoms with Crippen molar-refractivity contribution in [3.63, 3.8) is 0 Å². The molecule has 1 aliphatic rings. The Balaban J connectivity index is 1.50. The maximum Gasteiger partial charge on any atom is 0.270 e. The van der Waals surface area contributed by atoms with Gasteiger partial charge in [0.2, 0.25) is 0 Å². The molecule has 3 rings (SSSR count). The molecule has 1 amide bonds. The first kappa shape index (κ1) is 17.9. The average Bonchev–Trinajstić information content (AvgIpc) is 2.69. The molecule has 0 spiro atoms. The van der Waals surface area contributed by atoms with Gasteiger partial charge in [0.1, 0.15) is 0 Å². The summed E-state index contributed by atoms with van der Waals surface area (Å²) < 4.78 is 5.36. The highest BCUT2D eigenvalue weighted by Gasteiger charge is 2.12. The van der Waals surface area contributed by atoms with E-state index in [9.17, 15) is 14.9 Å². The van der Waals surface area contributed by atoms with Crippen molar-refractivity contribution >= 4 is 17.3 Å². The molecule has 2 aromatic carbocycles. The van der Waals surface area contributed by atoms with E-state index < -0.39 is 4.92 Å². The number of nitrogens with zero attached hydrogens (tertiary/aromatic N) is 2. The minimum absolute atomic E-state index is 0.0867. The molecule has 0 bridgehead atoms. The summed E-state index contributed by atoms with van der Waals surface area (Å²) in [5.74, 6) is -0.307. The van der Waals surface area contributed by atoms with Crippen LogP contribution in [0.25, 0.3) is 0 Å². The van der Waals surface area contributed by atoms with Gasteiger partial charge < -0.3 is 15.0 Å². The van der Waals surface area contributed by atoms with Gasteiger partial charge in [-0.3, -0.25) is 14.9 Å². The molecule has 7 nitrogen and oxygen atoms in total. The van der Waals surface area contributed by atoms with Gasteiger partial charge in [-0.25, -0.2) is 0 Å². The molecule has 0 saturated carbocycles. The van der Waals surface area contributed by atoms with E-state index in [1.54, 1.807) is 6.07 Å². The summed E-state index contributed by atoms with van der Waals surface area (Å²) in [6.45, 7) is 3.78. The number of nitro benzene ring substituents is 1. The minimum Gasteiger partial charge on any atom is -0.378 e. The highest BCUT2D eigenvalue weighted by molar-refractivity contribution is 5.94. The van der Waals surface area contributed by atoms with Crippen molar-refractivity contribution < 1.29 is 14.5 Å². The number of non-ortho nitro benzene ring substituents is 1. The van der Waals surface area contributed by atoms with Crippen LogP contribution in [-0.4, -0.2) is 43.7 Å². The van der Waals surface area contributed by atoms with Crippen molar-refractivity contribution in [1.82, 2.24) is 5.32 Å². The number of carbonyl (C=O) groups is 1. The molecule has 7 heteroatoms. The maximum atomic E-state index is 12.1. The second-order valence-corrected chi connectivity index (χ2v) is 6.08. The summed E-state index contributed by atoms with van der Waals surface area (Å²) in [5, 5.41) is 13.6. The molecule has 1 saturated heterocycles. The van der Waals surface area contributed by atoms with E-state index in [-0.39, 0.29) is 11.6 Å². The fraction of sp³-hybridized carbons (Fsp3) is 0.316. The number of benzene rings is 2. The molecular weight excluding hydrogens is 334 g/mol. The van der Waals surface area contributed by atoms with Gasteiger partial charge in [0.15, 0.2) is 0 Å². The van der Waals surface area contributed by atoms with Crippen LogP contribution in [0.4, 0.5) is 11.4 Å². The van der Waals surface area contributed by atoms with Gasteiger partial charge in [-0.1, -0.05) is 18.2 Å². The number of hydrogen-bond acceptors (Lipinski definition) is 5. The fourth-order valence-electron chi connectivity index (χ4n) is 2.88. The number of amides is 1. The zero-order valence-corrected chi connectivity index (χ0v) is 14.4. The lowest BCUT2D eigenvalue weighted by Crippen LogP contribution is -2.36. The van der Waals surface area contributed by atoms with Crippen LogP contribution < -0.4 is 10.2 Å². The van der Waals surface area contributed by atoms with Crippen LogP contribution in [0.3, 0.4) is 0 Å². The summed E-state index contributed by atoms with van der Waals surface area (Å²) in [7, 11) is 0. The lowest BCUT2D eigenvalue weighted by atomic mass is 10.1. The molecule has 26 heavy (non-hydrogen) atoms. The zero-order chi connectivity index (χ0) is 18.4. The SMILES string of the molecule is O=C(NCCc1ccc(N2CCOCC2)cc1)c1cccc([N+](=O)[O-])c1. The number of nitrogens with one attached hydrogen (secondary N) is 1. The number of anilines is 1. The second-order valence-electron chi connectivity index (χ2n) is 6.08. The van der Waals surface area contributed by atoms with Gasteiger partial charge in [0.25, 0.3) is 11.6 Å². The van der Waals surface area contributed by atoms with Gasteiger partial charge in [-0.2, -0.15) is 0 Å². The highest BCUT2D eigenvalue weighted by Crippen LogP contribution is 2.17. The summed E-state index contributed by atoms with van der Waals surface area (Å²) in [6.07, 6.45) is 0.698. The van der Waals surface area contributed by atoms with Crippen LogP contribution in [-0.2, 0) is 11.2 Å². The molecule has 1 N–H and O–H groups in total. The summed E-state index contributed by atoms with van der Waals surface area (Å²) in [5.41, 5.74) is 2.51.